The quantitative estimate of drug-likeness (QED) is 0.795. The number of hydrogen-bond acceptors (Lipinski definition) is 5. The van der Waals surface area contributed by atoms with Gasteiger partial charge in [0.05, 0.1) is 10.7 Å². The van der Waals surface area contributed by atoms with Gasteiger partial charge in [0, 0.05) is 23.6 Å². The Kier molecular flexibility index (Phi) is 3.66. The van der Waals surface area contributed by atoms with Crippen molar-refractivity contribution in [2.24, 2.45) is 0 Å². The van der Waals surface area contributed by atoms with Crippen LogP contribution >= 0.6 is 11.3 Å². The van der Waals surface area contributed by atoms with Gasteiger partial charge in [-0.25, -0.2) is 15.0 Å². The molecule has 1 aromatic carbocycles. The van der Waals surface area contributed by atoms with Gasteiger partial charge in [0.2, 0.25) is 0 Å². The Hall–Kier alpha value is -2.27. The summed E-state index contributed by atoms with van der Waals surface area (Å²) in [5.74, 6) is 1.50. The third-order valence-corrected chi connectivity index (χ3v) is 4.05. The maximum Gasteiger partial charge on any atom is 0.181 e. The van der Waals surface area contributed by atoms with Crippen LogP contribution in [0, 0.1) is 13.8 Å². The van der Waals surface area contributed by atoms with E-state index in [2.05, 4.69) is 27.4 Å². The molecule has 2 aromatic heterocycles. The molecular formula is C16H16N4S. The molecular weight excluding hydrogens is 280 g/mol. The van der Waals surface area contributed by atoms with E-state index in [-0.39, 0.29) is 0 Å². The highest BCUT2D eigenvalue weighted by Gasteiger charge is 2.14. The lowest BCUT2D eigenvalue weighted by molar-refractivity contribution is 1.11. The lowest BCUT2D eigenvalue weighted by Crippen LogP contribution is -2.03. The molecule has 21 heavy (non-hydrogen) atoms. The molecule has 3 aromatic rings. The lowest BCUT2D eigenvalue weighted by Gasteiger charge is -2.11. The molecule has 3 rings (SSSR count). The molecule has 0 unspecified atom stereocenters. The van der Waals surface area contributed by atoms with Crippen LogP contribution in [0.15, 0.2) is 35.7 Å². The second-order valence-corrected chi connectivity index (χ2v) is 5.80. The molecule has 0 spiro atoms. The van der Waals surface area contributed by atoms with Crippen molar-refractivity contribution in [3.63, 3.8) is 0 Å². The molecule has 4 nitrogen and oxygen atoms in total. The van der Waals surface area contributed by atoms with E-state index in [1.165, 1.54) is 0 Å². The Balaban J connectivity index is 2.20. The van der Waals surface area contributed by atoms with Crippen LogP contribution in [0.25, 0.3) is 22.8 Å². The molecule has 2 heterocycles. The van der Waals surface area contributed by atoms with Crippen molar-refractivity contribution >= 4 is 17.2 Å². The van der Waals surface area contributed by atoms with Gasteiger partial charge in [-0.3, -0.25) is 0 Å². The highest BCUT2D eigenvalue weighted by molar-refractivity contribution is 7.09. The van der Waals surface area contributed by atoms with Crippen molar-refractivity contribution in [1.82, 2.24) is 15.0 Å². The first-order chi connectivity index (χ1) is 10.2. The van der Waals surface area contributed by atoms with Crippen LogP contribution in [0.4, 0.5) is 5.82 Å². The fourth-order valence-electron chi connectivity index (χ4n) is 2.22. The zero-order valence-corrected chi connectivity index (χ0v) is 13.0. The van der Waals surface area contributed by atoms with Gasteiger partial charge < -0.3 is 5.32 Å². The first kappa shape index (κ1) is 13.7. The molecule has 0 atom stereocenters. The topological polar surface area (TPSA) is 50.7 Å². The number of aryl methyl sites for hydroxylation is 1. The van der Waals surface area contributed by atoms with E-state index in [0.717, 1.165) is 33.3 Å². The Bertz CT molecular complexity index is 765. The Morgan fingerprint density at radius 2 is 1.76 bits per heavy atom. The summed E-state index contributed by atoms with van der Waals surface area (Å²) < 4.78 is 0. The number of hydrogen-bond donors (Lipinski definition) is 1. The van der Waals surface area contributed by atoms with Crippen LogP contribution in [-0.2, 0) is 0 Å². The second kappa shape index (κ2) is 5.61. The van der Waals surface area contributed by atoms with Gasteiger partial charge in [0.15, 0.2) is 5.82 Å². The fourth-order valence-corrected chi connectivity index (χ4v) is 2.81. The third-order valence-electron chi connectivity index (χ3n) is 3.28. The highest BCUT2D eigenvalue weighted by atomic mass is 32.1. The summed E-state index contributed by atoms with van der Waals surface area (Å²) >= 11 is 1.61. The molecule has 0 saturated heterocycles. The van der Waals surface area contributed by atoms with Gasteiger partial charge in [-0.1, -0.05) is 30.3 Å². The summed E-state index contributed by atoms with van der Waals surface area (Å²) in [6, 6.07) is 10.2. The summed E-state index contributed by atoms with van der Waals surface area (Å²) in [5.41, 5.74) is 3.89. The van der Waals surface area contributed by atoms with Crippen molar-refractivity contribution in [2.75, 3.05) is 12.4 Å². The standard InChI is InChI=1S/C16H16N4S/c1-10-14(12-7-5-4-6-8-12)19-16(20-15(10)17-3)13-9-21-11(2)18-13/h4-9H,1-3H3,(H,17,19,20). The van der Waals surface area contributed by atoms with E-state index in [1.54, 1.807) is 11.3 Å². The number of nitrogens with zero attached hydrogens (tertiary/aromatic N) is 3. The Labute approximate surface area is 127 Å². The highest BCUT2D eigenvalue weighted by Crippen LogP contribution is 2.29. The molecule has 0 aliphatic carbocycles. The third kappa shape index (κ3) is 2.64. The number of nitrogens with one attached hydrogen (secondary N) is 1. The number of aromatic nitrogens is 3. The summed E-state index contributed by atoms with van der Waals surface area (Å²) in [7, 11) is 1.88. The average Bonchev–Trinajstić information content (AvgIpc) is 2.95. The van der Waals surface area contributed by atoms with E-state index >= 15 is 0 Å². The van der Waals surface area contributed by atoms with Gasteiger partial charge in [0.1, 0.15) is 11.5 Å². The van der Waals surface area contributed by atoms with Gasteiger partial charge in [0.25, 0.3) is 0 Å². The van der Waals surface area contributed by atoms with E-state index < -0.39 is 0 Å². The Morgan fingerprint density at radius 3 is 2.38 bits per heavy atom. The van der Waals surface area contributed by atoms with E-state index in [0.29, 0.717) is 5.82 Å². The minimum Gasteiger partial charge on any atom is -0.373 e. The Morgan fingerprint density at radius 1 is 1.00 bits per heavy atom. The van der Waals surface area contributed by atoms with Crippen molar-refractivity contribution in [2.45, 2.75) is 13.8 Å². The van der Waals surface area contributed by atoms with E-state index in [1.807, 2.05) is 44.5 Å². The van der Waals surface area contributed by atoms with Gasteiger partial charge >= 0.3 is 0 Å². The molecule has 0 aliphatic rings. The van der Waals surface area contributed by atoms with Gasteiger partial charge in [-0.2, -0.15) is 0 Å². The number of anilines is 1. The van der Waals surface area contributed by atoms with Crippen LogP contribution in [0.5, 0.6) is 0 Å². The fraction of sp³-hybridized carbons (Fsp3) is 0.188. The molecule has 0 aliphatic heterocycles. The number of benzene rings is 1. The minimum atomic E-state index is 0.660. The van der Waals surface area contributed by atoms with Crippen molar-refractivity contribution < 1.29 is 0 Å². The van der Waals surface area contributed by atoms with Crippen LogP contribution < -0.4 is 5.32 Å². The summed E-state index contributed by atoms with van der Waals surface area (Å²) in [4.78, 5) is 13.8. The van der Waals surface area contributed by atoms with Gasteiger partial charge in [-0.05, 0) is 13.8 Å². The van der Waals surface area contributed by atoms with Crippen molar-refractivity contribution in [1.29, 1.82) is 0 Å². The maximum atomic E-state index is 4.73. The molecule has 1 N–H and O–H groups in total. The summed E-state index contributed by atoms with van der Waals surface area (Å²) in [6.45, 7) is 4.02. The zero-order chi connectivity index (χ0) is 14.8. The lowest BCUT2D eigenvalue weighted by atomic mass is 10.1. The van der Waals surface area contributed by atoms with Crippen molar-refractivity contribution in [3.8, 4) is 22.8 Å². The van der Waals surface area contributed by atoms with Crippen molar-refractivity contribution in [3.05, 3.63) is 46.3 Å². The van der Waals surface area contributed by atoms with Crippen LogP contribution in [0.3, 0.4) is 0 Å². The summed E-state index contributed by atoms with van der Waals surface area (Å²) in [6.07, 6.45) is 0. The molecule has 0 radical (unpaired) electrons. The monoisotopic (exact) mass is 296 g/mol. The zero-order valence-electron chi connectivity index (χ0n) is 12.2. The molecule has 0 bridgehead atoms. The maximum absolute atomic E-state index is 4.73. The molecule has 0 amide bonds. The van der Waals surface area contributed by atoms with Crippen LogP contribution in [-0.4, -0.2) is 22.0 Å². The SMILES string of the molecule is CNc1nc(-c2csc(C)n2)nc(-c2ccccc2)c1C. The first-order valence-electron chi connectivity index (χ1n) is 6.73. The number of rotatable bonds is 3. The normalized spacial score (nSPS) is 10.6. The average molecular weight is 296 g/mol. The predicted molar refractivity (Wildman–Crippen MR) is 87.6 cm³/mol. The largest absolute Gasteiger partial charge is 0.373 e. The molecule has 0 saturated carbocycles. The minimum absolute atomic E-state index is 0.660. The second-order valence-electron chi connectivity index (χ2n) is 4.74. The number of thiazole rings is 1. The predicted octanol–water partition coefficient (Wildman–Crippen LogP) is 3.93. The summed E-state index contributed by atoms with van der Waals surface area (Å²) in [5, 5.41) is 6.16. The van der Waals surface area contributed by atoms with E-state index in [4.69, 9.17) is 4.98 Å². The van der Waals surface area contributed by atoms with Crippen LogP contribution in [0.1, 0.15) is 10.6 Å². The van der Waals surface area contributed by atoms with Crippen LogP contribution in [0.2, 0.25) is 0 Å². The molecule has 106 valence electrons. The molecule has 5 heteroatoms. The van der Waals surface area contributed by atoms with E-state index in [9.17, 15) is 0 Å². The van der Waals surface area contributed by atoms with Gasteiger partial charge in [-0.15, -0.1) is 11.3 Å². The molecule has 0 fully saturated rings. The first-order valence-corrected chi connectivity index (χ1v) is 7.61. The smallest absolute Gasteiger partial charge is 0.181 e.